The van der Waals surface area contributed by atoms with Gasteiger partial charge in [0.1, 0.15) is 10.3 Å². The molecule has 9 heteroatoms. The quantitative estimate of drug-likeness (QED) is 0.529. The lowest BCUT2D eigenvalue weighted by molar-refractivity contribution is -0.384. The number of hydrogen-bond acceptors (Lipinski definition) is 5. The molecule has 1 aliphatic rings. The second-order valence-corrected chi connectivity index (χ2v) is 7.98. The number of aromatic nitrogens is 2. The Labute approximate surface area is 156 Å². The average molecular weight is 461 g/mol. The van der Waals surface area contributed by atoms with E-state index in [1.807, 2.05) is 6.07 Å². The largest absolute Gasteiger partial charge is 0.324 e. The van der Waals surface area contributed by atoms with Gasteiger partial charge in [-0.15, -0.1) is 0 Å². The van der Waals surface area contributed by atoms with Crippen LogP contribution < -0.4 is 11.1 Å². The topological polar surface area (TPSA) is 99.0 Å². The molecule has 1 saturated heterocycles. The number of piperidine rings is 1. The third kappa shape index (κ3) is 2.98. The van der Waals surface area contributed by atoms with E-state index in [-0.39, 0.29) is 23.9 Å². The van der Waals surface area contributed by atoms with Gasteiger partial charge in [-0.05, 0) is 71.0 Å². The summed E-state index contributed by atoms with van der Waals surface area (Å²) in [6.07, 6.45) is 2.78. The van der Waals surface area contributed by atoms with Crippen molar-refractivity contribution in [3.8, 4) is 0 Å². The summed E-state index contributed by atoms with van der Waals surface area (Å²) in [7, 11) is 0. The summed E-state index contributed by atoms with van der Waals surface area (Å²) in [5.74, 6) is 0.809. The first-order chi connectivity index (χ1) is 11.3. The molecule has 7 nitrogen and oxygen atoms in total. The smallest absolute Gasteiger partial charge is 0.312 e. The van der Waals surface area contributed by atoms with Crippen molar-refractivity contribution >= 4 is 48.6 Å². The average Bonchev–Trinajstić information content (AvgIpc) is 2.86. The number of fused-ring (bicyclic) bond motifs is 1. The Morgan fingerprint density at radius 2 is 2.17 bits per heavy atom. The molecule has 0 saturated carbocycles. The zero-order valence-corrected chi connectivity index (χ0v) is 16.6. The maximum atomic E-state index is 11.6. The molecule has 0 bridgehead atoms. The van der Waals surface area contributed by atoms with Gasteiger partial charge < -0.3 is 10.3 Å². The molecule has 2 unspecified atom stereocenters. The third-order valence-electron chi connectivity index (χ3n) is 4.31. The summed E-state index contributed by atoms with van der Waals surface area (Å²) in [4.78, 5) is 15.9. The van der Waals surface area contributed by atoms with E-state index in [0.717, 1.165) is 30.6 Å². The minimum Gasteiger partial charge on any atom is -0.324 e. The Kier molecular flexibility index (Phi) is 4.96. The maximum Gasteiger partial charge on any atom is 0.312 e. The Balaban J connectivity index is 2.28. The highest BCUT2D eigenvalue weighted by atomic mass is 79.9. The van der Waals surface area contributed by atoms with Crippen LogP contribution in [0.2, 0.25) is 0 Å². The number of imidazole rings is 1. The molecule has 1 aromatic carbocycles. The number of rotatable bonds is 3. The van der Waals surface area contributed by atoms with Gasteiger partial charge in [0.05, 0.1) is 22.6 Å². The third-order valence-corrected chi connectivity index (χ3v) is 6.27. The molecule has 3 rings (SSSR count). The van der Waals surface area contributed by atoms with Crippen LogP contribution in [0.3, 0.4) is 0 Å². The second kappa shape index (κ2) is 6.70. The van der Waals surface area contributed by atoms with E-state index in [2.05, 4.69) is 60.6 Å². The Morgan fingerprint density at radius 3 is 2.75 bits per heavy atom. The molecular formula is C15H19Br2N5O2. The highest BCUT2D eigenvalue weighted by Gasteiger charge is 2.30. The summed E-state index contributed by atoms with van der Waals surface area (Å²) >= 11 is 6.71. The van der Waals surface area contributed by atoms with Crippen LogP contribution in [0.1, 0.15) is 51.0 Å². The van der Waals surface area contributed by atoms with E-state index < -0.39 is 4.92 Å². The number of halogens is 2. The standard InChI is InChI=1S/C15H19Br2N5O2/c1-7(2)21-10-6-8(16)12(17)14(22(23)24)13(10)20-15(21)9-4-3-5-11(18)19-9/h6-7,9,11,19H,3-5,18H2,1-2H3. The van der Waals surface area contributed by atoms with Gasteiger partial charge in [-0.3, -0.25) is 15.4 Å². The summed E-state index contributed by atoms with van der Waals surface area (Å²) in [5.41, 5.74) is 7.18. The zero-order valence-electron chi connectivity index (χ0n) is 13.4. The van der Waals surface area contributed by atoms with Gasteiger partial charge in [0.15, 0.2) is 5.52 Å². The van der Waals surface area contributed by atoms with E-state index in [1.165, 1.54) is 0 Å². The Hall–Kier alpha value is -1.03. The fraction of sp³-hybridized carbons (Fsp3) is 0.533. The van der Waals surface area contributed by atoms with Crippen molar-refractivity contribution in [1.82, 2.24) is 14.9 Å². The van der Waals surface area contributed by atoms with Gasteiger partial charge in [-0.25, -0.2) is 4.98 Å². The van der Waals surface area contributed by atoms with Crippen molar-refractivity contribution in [3.05, 3.63) is 31.0 Å². The molecule has 24 heavy (non-hydrogen) atoms. The van der Waals surface area contributed by atoms with E-state index in [4.69, 9.17) is 5.73 Å². The molecule has 0 aliphatic carbocycles. The molecule has 2 heterocycles. The number of nitro groups is 1. The van der Waals surface area contributed by atoms with Gasteiger partial charge in [0, 0.05) is 10.5 Å². The molecule has 1 aromatic heterocycles. The Morgan fingerprint density at radius 1 is 1.46 bits per heavy atom. The highest BCUT2D eigenvalue weighted by Crippen LogP contribution is 2.41. The van der Waals surface area contributed by atoms with Crippen molar-refractivity contribution in [3.63, 3.8) is 0 Å². The van der Waals surface area contributed by atoms with Crippen LogP contribution in [0.5, 0.6) is 0 Å². The number of hydrogen-bond donors (Lipinski definition) is 2. The number of nitro benzene ring substituents is 1. The molecule has 0 amide bonds. The minimum atomic E-state index is -0.390. The van der Waals surface area contributed by atoms with Crippen molar-refractivity contribution in [1.29, 1.82) is 0 Å². The van der Waals surface area contributed by atoms with Crippen molar-refractivity contribution in [2.45, 2.75) is 51.4 Å². The number of nitrogens with zero attached hydrogens (tertiary/aromatic N) is 3. The van der Waals surface area contributed by atoms with Crippen LogP contribution >= 0.6 is 31.9 Å². The molecule has 0 spiro atoms. The lowest BCUT2D eigenvalue weighted by Gasteiger charge is -2.29. The van der Waals surface area contributed by atoms with Gasteiger partial charge in [0.25, 0.3) is 0 Å². The summed E-state index contributed by atoms with van der Waals surface area (Å²) in [5, 5.41) is 14.9. The molecule has 0 radical (unpaired) electrons. The molecule has 1 aliphatic heterocycles. The number of nitrogens with one attached hydrogen (secondary N) is 1. The maximum absolute atomic E-state index is 11.6. The lowest BCUT2D eigenvalue weighted by atomic mass is 10.0. The first-order valence-electron chi connectivity index (χ1n) is 7.87. The van der Waals surface area contributed by atoms with Crippen LogP contribution in [-0.4, -0.2) is 20.6 Å². The lowest BCUT2D eigenvalue weighted by Crippen LogP contribution is -2.43. The van der Waals surface area contributed by atoms with E-state index in [0.29, 0.717) is 14.5 Å². The van der Waals surface area contributed by atoms with Crippen molar-refractivity contribution in [2.75, 3.05) is 0 Å². The predicted molar refractivity (Wildman–Crippen MR) is 99.9 cm³/mol. The van der Waals surface area contributed by atoms with E-state index in [1.54, 1.807) is 0 Å². The fourth-order valence-electron chi connectivity index (χ4n) is 3.30. The zero-order chi connectivity index (χ0) is 17.6. The number of nitrogens with two attached hydrogens (primary N) is 1. The first kappa shape index (κ1) is 17.8. The second-order valence-electron chi connectivity index (χ2n) is 6.34. The van der Waals surface area contributed by atoms with Gasteiger partial charge >= 0.3 is 5.69 Å². The predicted octanol–water partition coefficient (Wildman–Crippen LogP) is 4.15. The summed E-state index contributed by atoms with van der Waals surface area (Å²) in [6.45, 7) is 4.10. The SMILES string of the molecule is CC(C)n1c(C2CCCC(N)N2)nc2c([N+](=O)[O-])c(Br)c(Br)cc21. The molecule has 2 aromatic rings. The Bertz CT molecular complexity index is 805. The van der Waals surface area contributed by atoms with Crippen LogP contribution in [0, 0.1) is 10.1 Å². The van der Waals surface area contributed by atoms with Gasteiger partial charge in [-0.2, -0.15) is 0 Å². The molecule has 2 atom stereocenters. The molecule has 1 fully saturated rings. The molecule has 130 valence electrons. The van der Waals surface area contributed by atoms with E-state index >= 15 is 0 Å². The van der Waals surface area contributed by atoms with Crippen LogP contribution in [0.4, 0.5) is 5.69 Å². The minimum absolute atomic E-state index is 0.000653. The van der Waals surface area contributed by atoms with Gasteiger partial charge in [0.2, 0.25) is 0 Å². The molecule has 3 N–H and O–H groups in total. The fourth-order valence-corrected chi connectivity index (χ4v) is 4.15. The number of benzene rings is 1. The highest BCUT2D eigenvalue weighted by molar-refractivity contribution is 9.13. The van der Waals surface area contributed by atoms with Crippen LogP contribution in [0.25, 0.3) is 11.0 Å². The first-order valence-corrected chi connectivity index (χ1v) is 9.45. The summed E-state index contributed by atoms with van der Waals surface area (Å²) < 4.78 is 3.12. The van der Waals surface area contributed by atoms with Crippen molar-refractivity contribution in [2.24, 2.45) is 5.73 Å². The van der Waals surface area contributed by atoms with Gasteiger partial charge in [-0.1, -0.05) is 0 Å². The normalized spacial score (nSPS) is 21.6. The van der Waals surface area contributed by atoms with E-state index in [9.17, 15) is 10.1 Å². The monoisotopic (exact) mass is 459 g/mol. The van der Waals surface area contributed by atoms with Crippen molar-refractivity contribution < 1.29 is 4.92 Å². The van der Waals surface area contributed by atoms with Crippen LogP contribution in [-0.2, 0) is 0 Å². The molecular weight excluding hydrogens is 442 g/mol. The summed E-state index contributed by atoms with van der Waals surface area (Å²) in [6, 6.07) is 2.00. The van der Waals surface area contributed by atoms with Crippen LogP contribution in [0.15, 0.2) is 15.0 Å².